The van der Waals surface area contributed by atoms with E-state index < -0.39 is 0 Å². The summed E-state index contributed by atoms with van der Waals surface area (Å²) in [7, 11) is 1.41. The highest BCUT2D eigenvalue weighted by Gasteiger charge is 2.25. The lowest BCUT2D eigenvalue weighted by molar-refractivity contribution is -0.144. The molecule has 1 aliphatic heterocycles. The largest absolute Gasteiger partial charge is 0.468 e. The molecule has 70 valence electrons. The molecule has 0 aromatic carbocycles. The Bertz CT molecular complexity index is 161. The van der Waals surface area contributed by atoms with Crippen molar-refractivity contribution >= 4 is 5.97 Å². The van der Waals surface area contributed by atoms with Crippen LogP contribution in [0, 0.1) is 0 Å². The molecule has 1 saturated heterocycles. The number of esters is 1. The Morgan fingerprint density at radius 3 is 3.00 bits per heavy atom. The molecule has 0 bridgehead atoms. The molecule has 1 rings (SSSR count). The van der Waals surface area contributed by atoms with E-state index in [1.54, 1.807) is 0 Å². The van der Waals surface area contributed by atoms with Crippen molar-refractivity contribution in [3.8, 4) is 0 Å². The van der Waals surface area contributed by atoms with Gasteiger partial charge in [-0.05, 0) is 19.3 Å². The number of rotatable bonds is 2. The van der Waals surface area contributed by atoms with E-state index in [-0.39, 0.29) is 18.1 Å². The van der Waals surface area contributed by atoms with E-state index >= 15 is 0 Å². The summed E-state index contributed by atoms with van der Waals surface area (Å²) < 4.78 is 4.64. The molecule has 1 fully saturated rings. The molecule has 0 aromatic rings. The fraction of sp³-hybridized carbons (Fsp3) is 0.875. The van der Waals surface area contributed by atoms with Gasteiger partial charge in [0.25, 0.3) is 0 Å². The average molecular weight is 172 g/mol. The fourth-order valence-electron chi connectivity index (χ4n) is 1.53. The maximum absolute atomic E-state index is 11.1. The zero-order valence-electron chi connectivity index (χ0n) is 7.38. The number of nitrogens with two attached hydrogens (primary N) is 1. The lowest BCUT2D eigenvalue weighted by Crippen LogP contribution is -2.50. The Balaban J connectivity index is 2.40. The van der Waals surface area contributed by atoms with E-state index in [2.05, 4.69) is 10.1 Å². The van der Waals surface area contributed by atoms with E-state index in [9.17, 15) is 4.79 Å². The van der Waals surface area contributed by atoms with Crippen LogP contribution in [0.3, 0.4) is 0 Å². The van der Waals surface area contributed by atoms with Crippen LogP contribution in [-0.2, 0) is 9.53 Å². The first-order valence-electron chi connectivity index (χ1n) is 4.32. The summed E-state index contributed by atoms with van der Waals surface area (Å²) in [6.07, 6.45) is 2.97. The highest BCUT2D eigenvalue weighted by atomic mass is 16.5. The number of hydrogen-bond acceptors (Lipinski definition) is 4. The van der Waals surface area contributed by atoms with E-state index in [1.807, 2.05) is 0 Å². The fourth-order valence-corrected chi connectivity index (χ4v) is 1.53. The van der Waals surface area contributed by atoms with Crippen molar-refractivity contribution in [2.24, 2.45) is 5.73 Å². The van der Waals surface area contributed by atoms with E-state index in [0.29, 0.717) is 6.54 Å². The lowest BCUT2D eigenvalue weighted by atomic mass is 9.99. The Hall–Kier alpha value is -0.610. The molecule has 0 amide bonds. The van der Waals surface area contributed by atoms with E-state index in [4.69, 9.17) is 5.73 Å². The second kappa shape index (κ2) is 4.42. The number of methoxy groups -OCH3 is 1. The average Bonchev–Trinajstić information content (AvgIpc) is 2.17. The number of carbonyl (C=O) groups is 1. The minimum Gasteiger partial charge on any atom is -0.468 e. The van der Waals surface area contributed by atoms with Crippen molar-refractivity contribution in [3.63, 3.8) is 0 Å². The number of nitrogens with one attached hydrogen (secondary N) is 1. The third-order valence-corrected chi connectivity index (χ3v) is 2.25. The zero-order valence-corrected chi connectivity index (χ0v) is 7.38. The van der Waals surface area contributed by atoms with E-state index in [1.165, 1.54) is 7.11 Å². The van der Waals surface area contributed by atoms with Gasteiger partial charge in [-0.15, -0.1) is 0 Å². The Morgan fingerprint density at radius 2 is 2.42 bits per heavy atom. The molecule has 1 aliphatic rings. The van der Waals surface area contributed by atoms with Gasteiger partial charge in [0, 0.05) is 12.6 Å². The molecule has 3 N–H and O–H groups in total. The third-order valence-electron chi connectivity index (χ3n) is 2.25. The highest BCUT2D eigenvalue weighted by Crippen LogP contribution is 2.12. The molecule has 12 heavy (non-hydrogen) atoms. The first-order chi connectivity index (χ1) is 5.77. The first-order valence-corrected chi connectivity index (χ1v) is 4.32. The standard InChI is InChI=1S/C8H16N2O2/c1-12-8(11)7-4-2-3-6(5-9)10-7/h6-7,10H,2-5,9H2,1H3. The number of ether oxygens (including phenoxy) is 1. The summed E-state index contributed by atoms with van der Waals surface area (Å²) in [5, 5.41) is 3.15. The number of piperidine rings is 1. The molecule has 2 atom stereocenters. The van der Waals surface area contributed by atoms with Gasteiger partial charge >= 0.3 is 5.97 Å². The maximum Gasteiger partial charge on any atom is 0.322 e. The molecule has 4 nitrogen and oxygen atoms in total. The molecule has 0 radical (unpaired) electrons. The van der Waals surface area contributed by atoms with Gasteiger partial charge in [0.1, 0.15) is 6.04 Å². The number of hydrogen-bond donors (Lipinski definition) is 2. The Morgan fingerprint density at radius 1 is 1.67 bits per heavy atom. The summed E-state index contributed by atoms with van der Waals surface area (Å²) >= 11 is 0. The molecular weight excluding hydrogens is 156 g/mol. The lowest BCUT2D eigenvalue weighted by Gasteiger charge is -2.28. The van der Waals surface area contributed by atoms with Crippen LogP contribution in [0.5, 0.6) is 0 Å². The predicted molar refractivity (Wildman–Crippen MR) is 45.6 cm³/mol. The molecule has 0 aromatic heterocycles. The van der Waals surface area contributed by atoms with Gasteiger partial charge in [-0.1, -0.05) is 0 Å². The maximum atomic E-state index is 11.1. The van der Waals surface area contributed by atoms with E-state index in [0.717, 1.165) is 19.3 Å². The van der Waals surface area contributed by atoms with Gasteiger partial charge in [0.15, 0.2) is 0 Å². The molecule has 4 heteroatoms. The van der Waals surface area contributed by atoms with Gasteiger partial charge < -0.3 is 15.8 Å². The summed E-state index contributed by atoms with van der Waals surface area (Å²) in [5.74, 6) is -0.173. The van der Waals surface area contributed by atoms with Gasteiger partial charge in [0.05, 0.1) is 7.11 Å². The van der Waals surface area contributed by atoms with Crippen LogP contribution in [0.25, 0.3) is 0 Å². The topological polar surface area (TPSA) is 64.3 Å². The summed E-state index contributed by atoms with van der Waals surface area (Å²) in [4.78, 5) is 11.1. The molecule has 0 aliphatic carbocycles. The van der Waals surface area contributed by atoms with Crippen LogP contribution in [0.2, 0.25) is 0 Å². The van der Waals surface area contributed by atoms with Crippen molar-refractivity contribution in [3.05, 3.63) is 0 Å². The third kappa shape index (κ3) is 2.19. The molecule has 0 spiro atoms. The highest BCUT2D eigenvalue weighted by molar-refractivity contribution is 5.75. The molecular formula is C8H16N2O2. The summed E-state index contributed by atoms with van der Waals surface area (Å²) in [5.41, 5.74) is 5.49. The normalized spacial score (nSPS) is 29.8. The Labute approximate surface area is 72.5 Å². The quantitative estimate of drug-likeness (QED) is 0.558. The van der Waals surface area contributed by atoms with Gasteiger partial charge in [-0.25, -0.2) is 0 Å². The zero-order chi connectivity index (χ0) is 8.97. The van der Waals surface area contributed by atoms with Gasteiger partial charge in [-0.3, -0.25) is 4.79 Å². The second-order valence-corrected chi connectivity index (χ2v) is 3.11. The monoisotopic (exact) mass is 172 g/mol. The SMILES string of the molecule is COC(=O)C1CCCC(CN)N1. The van der Waals surface area contributed by atoms with Crippen LogP contribution in [0.1, 0.15) is 19.3 Å². The van der Waals surface area contributed by atoms with Gasteiger partial charge in [-0.2, -0.15) is 0 Å². The minimum absolute atomic E-state index is 0.141. The first kappa shape index (κ1) is 9.48. The molecule has 1 heterocycles. The predicted octanol–water partition coefficient (Wildman–Crippen LogP) is -0.371. The van der Waals surface area contributed by atoms with Crippen LogP contribution < -0.4 is 11.1 Å². The molecule has 0 saturated carbocycles. The Kier molecular flexibility index (Phi) is 3.49. The second-order valence-electron chi connectivity index (χ2n) is 3.11. The van der Waals surface area contributed by atoms with Crippen molar-refractivity contribution in [2.45, 2.75) is 31.3 Å². The number of carbonyl (C=O) groups excluding carboxylic acids is 1. The van der Waals surface area contributed by atoms with Crippen LogP contribution in [0.4, 0.5) is 0 Å². The van der Waals surface area contributed by atoms with Crippen molar-refractivity contribution in [1.82, 2.24) is 5.32 Å². The smallest absolute Gasteiger partial charge is 0.322 e. The van der Waals surface area contributed by atoms with Crippen molar-refractivity contribution in [1.29, 1.82) is 0 Å². The van der Waals surface area contributed by atoms with Crippen LogP contribution in [-0.4, -0.2) is 31.7 Å². The van der Waals surface area contributed by atoms with Crippen LogP contribution in [0.15, 0.2) is 0 Å². The van der Waals surface area contributed by atoms with Crippen molar-refractivity contribution in [2.75, 3.05) is 13.7 Å². The van der Waals surface area contributed by atoms with Gasteiger partial charge in [0.2, 0.25) is 0 Å². The van der Waals surface area contributed by atoms with Crippen LogP contribution >= 0.6 is 0 Å². The minimum atomic E-state index is -0.173. The summed E-state index contributed by atoms with van der Waals surface area (Å²) in [6.45, 7) is 0.591. The molecule has 2 unspecified atom stereocenters. The van der Waals surface area contributed by atoms with Crippen molar-refractivity contribution < 1.29 is 9.53 Å². The summed E-state index contributed by atoms with van der Waals surface area (Å²) in [6, 6.07) is 0.139.